The zero-order valence-electron chi connectivity index (χ0n) is 63.0. The zero-order chi connectivity index (χ0) is 71.6. The standard InChI is InChI=1S/C78H148O17P2/c1-8-11-12-13-14-15-16-17-18-23-28-33-38-47-54-61-77(82)95-74(66-89-76(81)60-53-46-41-40-44-51-58-71(7)10-3)68-93-97(86,87)91-64-72(79)63-90-96(84,85)92-67-73(94-78(83)62-55-48-39-34-29-24-25-30-35-42-49-56-69(4)5)65-88-75(80)59-52-45-37-32-27-22-20-19-21-26-31-36-43-50-57-70(6)9-2/h15-18,69-74,79H,8-14,19-68H2,1-7H3,(H,84,85)(H,86,87)/b16-15-,18-17-/t70?,71?,72-,73-,74-/m1/s1. The largest absolute Gasteiger partial charge is 0.472 e. The summed E-state index contributed by atoms with van der Waals surface area (Å²) in [6, 6.07) is 0. The third-order valence-electron chi connectivity index (χ3n) is 18.2. The van der Waals surface area contributed by atoms with Crippen molar-refractivity contribution in [1.82, 2.24) is 0 Å². The van der Waals surface area contributed by atoms with Gasteiger partial charge in [0, 0.05) is 25.7 Å². The van der Waals surface area contributed by atoms with E-state index in [-0.39, 0.29) is 25.7 Å². The van der Waals surface area contributed by atoms with E-state index in [2.05, 4.69) is 72.8 Å². The van der Waals surface area contributed by atoms with Crippen LogP contribution in [0.2, 0.25) is 0 Å². The summed E-state index contributed by atoms with van der Waals surface area (Å²) in [5, 5.41) is 10.6. The molecule has 0 spiro atoms. The van der Waals surface area contributed by atoms with E-state index in [1.807, 2.05) is 0 Å². The Morgan fingerprint density at radius 2 is 0.608 bits per heavy atom. The molecule has 19 heteroatoms. The number of carbonyl (C=O) groups excluding carboxylic acids is 4. The zero-order valence-corrected chi connectivity index (χ0v) is 64.8. The fraction of sp³-hybridized carbons (Fsp3) is 0.897. The second-order valence-corrected chi connectivity index (χ2v) is 31.3. The third-order valence-corrected chi connectivity index (χ3v) is 20.1. The van der Waals surface area contributed by atoms with Crippen LogP contribution in [0.1, 0.15) is 376 Å². The highest BCUT2D eigenvalue weighted by Gasteiger charge is 2.30. The van der Waals surface area contributed by atoms with Crippen molar-refractivity contribution in [3.05, 3.63) is 24.3 Å². The minimum atomic E-state index is -4.97. The lowest BCUT2D eigenvalue weighted by Gasteiger charge is -2.21. The van der Waals surface area contributed by atoms with Crippen molar-refractivity contribution >= 4 is 39.5 Å². The fourth-order valence-electron chi connectivity index (χ4n) is 11.4. The van der Waals surface area contributed by atoms with Crippen LogP contribution in [0.25, 0.3) is 0 Å². The molecule has 572 valence electrons. The molecule has 0 aliphatic carbocycles. The molecule has 0 aromatic carbocycles. The molecule has 0 radical (unpaired) electrons. The molecule has 3 N–H and O–H groups in total. The Balaban J connectivity index is 5.28. The SMILES string of the molecule is CCCCCC/C=C\C=C/CCCCCCCC(=O)O[C@H](COC(=O)CCCCCCCCC(C)CC)COP(=O)(O)OC[C@H](O)COP(=O)(O)OC[C@@H](COC(=O)CCCCCCCCCCCCCCCCC(C)CC)OC(=O)CCCCCCCCCCCCCC(C)C. The normalized spacial score (nSPS) is 14.8. The second-order valence-electron chi connectivity index (χ2n) is 28.4. The van der Waals surface area contributed by atoms with E-state index in [0.29, 0.717) is 25.7 Å². The summed E-state index contributed by atoms with van der Waals surface area (Å²) in [5.41, 5.74) is 0. The van der Waals surface area contributed by atoms with Gasteiger partial charge >= 0.3 is 39.5 Å². The number of ether oxygens (including phenoxy) is 4. The van der Waals surface area contributed by atoms with Crippen LogP contribution in [0.15, 0.2) is 24.3 Å². The van der Waals surface area contributed by atoms with E-state index >= 15 is 0 Å². The summed E-state index contributed by atoms with van der Waals surface area (Å²) in [6.45, 7) is 11.9. The predicted molar refractivity (Wildman–Crippen MR) is 395 cm³/mol. The van der Waals surface area contributed by atoms with Crippen molar-refractivity contribution in [2.24, 2.45) is 17.8 Å². The first-order valence-corrected chi connectivity index (χ1v) is 42.7. The number of hydrogen-bond donors (Lipinski definition) is 3. The molecule has 4 unspecified atom stereocenters. The minimum absolute atomic E-state index is 0.0839. The van der Waals surface area contributed by atoms with Gasteiger partial charge in [0.15, 0.2) is 12.2 Å². The van der Waals surface area contributed by atoms with Crippen LogP contribution in [0.4, 0.5) is 0 Å². The summed E-state index contributed by atoms with van der Waals surface area (Å²) < 4.78 is 68.5. The topological polar surface area (TPSA) is 237 Å². The lowest BCUT2D eigenvalue weighted by molar-refractivity contribution is -0.161. The van der Waals surface area contributed by atoms with E-state index in [1.165, 1.54) is 167 Å². The summed E-state index contributed by atoms with van der Waals surface area (Å²) >= 11 is 0. The number of aliphatic hydroxyl groups excluding tert-OH is 1. The maximum atomic E-state index is 13.1. The van der Waals surface area contributed by atoms with Gasteiger partial charge in [0.1, 0.15) is 19.3 Å². The van der Waals surface area contributed by atoms with Crippen molar-refractivity contribution in [2.75, 3.05) is 39.6 Å². The van der Waals surface area contributed by atoms with Gasteiger partial charge in [0.25, 0.3) is 0 Å². The van der Waals surface area contributed by atoms with Gasteiger partial charge in [-0.3, -0.25) is 37.3 Å². The van der Waals surface area contributed by atoms with E-state index in [4.69, 9.17) is 37.0 Å². The Labute approximate surface area is 592 Å². The molecular formula is C78H148O17P2. The Bertz CT molecular complexity index is 1990. The first-order chi connectivity index (χ1) is 46.8. The quantitative estimate of drug-likeness (QED) is 0.0169. The molecule has 0 aliphatic rings. The first kappa shape index (κ1) is 94.5. The molecule has 0 heterocycles. The summed E-state index contributed by atoms with van der Waals surface area (Å²) in [7, 11) is -9.93. The van der Waals surface area contributed by atoms with Crippen LogP contribution in [0.3, 0.4) is 0 Å². The van der Waals surface area contributed by atoms with Gasteiger partial charge in [-0.25, -0.2) is 9.13 Å². The smallest absolute Gasteiger partial charge is 0.462 e. The highest BCUT2D eigenvalue weighted by atomic mass is 31.2. The molecule has 0 bridgehead atoms. The molecule has 7 atom stereocenters. The number of phosphoric ester groups is 2. The van der Waals surface area contributed by atoms with Gasteiger partial charge in [-0.05, 0) is 69.1 Å². The van der Waals surface area contributed by atoms with E-state index < -0.39 is 97.5 Å². The van der Waals surface area contributed by atoms with Crippen LogP contribution in [-0.2, 0) is 65.4 Å². The molecule has 0 fully saturated rings. The predicted octanol–water partition coefficient (Wildman–Crippen LogP) is 22.5. The number of rotatable bonds is 74. The lowest BCUT2D eigenvalue weighted by Crippen LogP contribution is -2.30. The third kappa shape index (κ3) is 69.1. The van der Waals surface area contributed by atoms with E-state index in [0.717, 1.165) is 127 Å². The van der Waals surface area contributed by atoms with Gasteiger partial charge < -0.3 is 33.8 Å². The molecule has 0 aliphatic heterocycles. The summed E-state index contributed by atoms with van der Waals surface area (Å²) in [4.78, 5) is 72.9. The number of hydrogen-bond acceptors (Lipinski definition) is 15. The number of unbranched alkanes of at least 4 members (excludes halogenated alkanes) is 37. The highest BCUT2D eigenvalue weighted by molar-refractivity contribution is 7.47. The second kappa shape index (κ2) is 68.0. The van der Waals surface area contributed by atoms with Crippen molar-refractivity contribution in [3.63, 3.8) is 0 Å². The number of aliphatic hydroxyl groups is 1. The average Bonchev–Trinajstić information content (AvgIpc) is 1.83. The van der Waals surface area contributed by atoms with E-state index in [1.54, 1.807) is 0 Å². The van der Waals surface area contributed by atoms with Gasteiger partial charge in [0.2, 0.25) is 0 Å². The van der Waals surface area contributed by atoms with Crippen molar-refractivity contribution in [2.45, 2.75) is 394 Å². The van der Waals surface area contributed by atoms with Crippen LogP contribution in [0, 0.1) is 17.8 Å². The molecule has 0 amide bonds. The average molecular weight is 1420 g/mol. The molecule has 97 heavy (non-hydrogen) atoms. The van der Waals surface area contributed by atoms with Crippen molar-refractivity contribution < 1.29 is 80.2 Å². The van der Waals surface area contributed by atoms with Crippen LogP contribution >= 0.6 is 15.6 Å². The maximum Gasteiger partial charge on any atom is 0.472 e. The Morgan fingerprint density at radius 3 is 0.918 bits per heavy atom. The molecule has 0 aromatic heterocycles. The van der Waals surface area contributed by atoms with Crippen molar-refractivity contribution in [3.8, 4) is 0 Å². The Kier molecular flexibility index (Phi) is 66.3. The number of allylic oxidation sites excluding steroid dienone is 4. The summed E-state index contributed by atoms with van der Waals surface area (Å²) in [6.07, 6.45) is 57.6. The minimum Gasteiger partial charge on any atom is -0.462 e. The van der Waals surface area contributed by atoms with Gasteiger partial charge in [-0.2, -0.15) is 0 Å². The van der Waals surface area contributed by atoms with Crippen LogP contribution < -0.4 is 0 Å². The summed E-state index contributed by atoms with van der Waals surface area (Å²) in [5.74, 6) is 0.193. The molecule has 17 nitrogen and oxygen atoms in total. The molecule has 0 aromatic rings. The molecular weight excluding hydrogens is 1270 g/mol. The number of carbonyl (C=O) groups is 4. The van der Waals surface area contributed by atoms with Crippen LogP contribution in [0.5, 0.6) is 0 Å². The maximum absolute atomic E-state index is 13.1. The Hall–Kier alpha value is -2.46. The van der Waals surface area contributed by atoms with Gasteiger partial charge in [0.05, 0.1) is 26.4 Å². The molecule has 0 saturated heterocycles. The molecule has 0 rings (SSSR count). The fourth-order valence-corrected chi connectivity index (χ4v) is 12.9. The number of phosphoric acid groups is 2. The monoisotopic (exact) mass is 1420 g/mol. The van der Waals surface area contributed by atoms with Gasteiger partial charge in [-0.15, -0.1) is 0 Å². The first-order valence-electron chi connectivity index (χ1n) is 39.7. The lowest BCUT2D eigenvalue weighted by atomic mass is 9.99. The Morgan fingerprint density at radius 1 is 0.340 bits per heavy atom. The number of esters is 4. The molecule has 0 saturated carbocycles. The highest BCUT2D eigenvalue weighted by Crippen LogP contribution is 2.45. The van der Waals surface area contributed by atoms with Crippen LogP contribution in [-0.4, -0.2) is 96.7 Å². The van der Waals surface area contributed by atoms with Gasteiger partial charge in [-0.1, -0.05) is 323 Å². The van der Waals surface area contributed by atoms with E-state index in [9.17, 15) is 43.2 Å². The van der Waals surface area contributed by atoms with Crippen molar-refractivity contribution in [1.29, 1.82) is 0 Å².